The summed E-state index contributed by atoms with van der Waals surface area (Å²) in [5.41, 5.74) is 9.49. The third-order valence-corrected chi connectivity index (χ3v) is 3.17. The molecule has 1 heterocycles. The monoisotopic (exact) mass is 243 g/mol. The first-order chi connectivity index (χ1) is 8.72. The maximum absolute atomic E-state index is 5.93. The zero-order valence-corrected chi connectivity index (χ0v) is 11.1. The van der Waals surface area contributed by atoms with E-state index in [-0.39, 0.29) is 6.04 Å². The second kappa shape index (κ2) is 5.83. The van der Waals surface area contributed by atoms with Crippen LogP contribution in [-0.4, -0.2) is 9.55 Å². The molecule has 0 radical (unpaired) electrons. The second-order valence-corrected chi connectivity index (χ2v) is 4.75. The van der Waals surface area contributed by atoms with E-state index in [0.717, 1.165) is 17.8 Å². The maximum Gasteiger partial charge on any atom is 0.0994 e. The van der Waals surface area contributed by atoms with Gasteiger partial charge in [0.15, 0.2) is 0 Å². The minimum atomic E-state index is -0.00716. The lowest BCUT2D eigenvalue weighted by molar-refractivity contribution is 0.752. The molecule has 1 unspecified atom stereocenters. The van der Waals surface area contributed by atoms with Gasteiger partial charge in [0.1, 0.15) is 0 Å². The molecule has 2 rings (SSSR count). The summed E-state index contributed by atoms with van der Waals surface area (Å²) in [6.45, 7) is 4.19. The van der Waals surface area contributed by atoms with Crippen molar-refractivity contribution in [3.05, 3.63) is 48.0 Å². The summed E-state index contributed by atoms with van der Waals surface area (Å²) in [6.07, 6.45) is 7.28. The van der Waals surface area contributed by atoms with Gasteiger partial charge in [-0.3, -0.25) is 0 Å². The van der Waals surface area contributed by atoms with Gasteiger partial charge in [0.2, 0.25) is 0 Å². The summed E-state index contributed by atoms with van der Waals surface area (Å²) in [5, 5.41) is 0. The van der Waals surface area contributed by atoms with Crippen LogP contribution >= 0.6 is 0 Å². The van der Waals surface area contributed by atoms with E-state index < -0.39 is 0 Å². The number of aryl methyl sites for hydroxylation is 1. The molecule has 0 saturated carbocycles. The van der Waals surface area contributed by atoms with Crippen LogP contribution in [0.1, 0.15) is 44.0 Å². The summed E-state index contributed by atoms with van der Waals surface area (Å²) >= 11 is 0. The lowest BCUT2D eigenvalue weighted by atomic mass is 10.1. The Labute approximate surface area is 109 Å². The average molecular weight is 243 g/mol. The van der Waals surface area contributed by atoms with E-state index >= 15 is 0 Å². The van der Waals surface area contributed by atoms with E-state index in [1.165, 1.54) is 18.4 Å². The number of nitrogens with two attached hydrogens (primary N) is 1. The molecule has 1 aromatic carbocycles. The number of benzene rings is 1. The Balaban J connectivity index is 2.21. The predicted octanol–water partition coefficient (Wildman–Crippen LogP) is 3.23. The molecule has 0 aliphatic heterocycles. The van der Waals surface area contributed by atoms with E-state index in [1.807, 2.05) is 24.0 Å². The zero-order chi connectivity index (χ0) is 13.0. The largest absolute Gasteiger partial charge is 0.323 e. The molecule has 0 bridgehead atoms. The number of nitrogens with zero attached hydrogens (tertiary/aromatic N) is 2. The van der Waals surface area contributed by atoms with Crippen LogP contribution in [0.5, 0.6) is 0 Å². The molecule has 1 aromatic heterocycles. The summed E-state index contributed by atoms with van der Waals surface area (Å²) in [4.78, 5) is 4.17. The molecule has 3 heteroatoms. The zero-order valence-electron chi connectivity index (χ0n) is 11.1. The van der Waals surface area contributed by atoms with Crippen molar-refractivity contribution in [2.75, 3.05) is 0 Å². The predicted molar refractivity (Wildman–Crippen MR) is 74.8 cm³/mol. The number of imidazole rings is 1. The topological polar surface area (TPSA) is 43.8 Å². The average Bonchev–Trinajstić information content (AvgIpc) is 2.86. The van der Waals surface area contributed by atoms with Crippen LogP contribution in [0.25, 0.3) is 5.69 Å². The highest BCUT2D eigenvalue weighted by atomic mass is 15.1. The van der Waals surface area contributed by atoms with Gasteiger partial charge in [-0.25, -0.2) is 4.98 Å². The van der Waals surface area contributed by atoms with Crippen molar-refractivity contribution in [3.8, 4) is 5.69 Å². The molecule has 0 spiro atoms. The Morgan fingerprint density at radius 3 is 2.61 bits per heavy atom. The van der Waals surface area contributed by atoms with Gasteiger partial charge in [0.25, 0.3) is 0 Å². The molecule has 0 saturated heterocycles. The summed E-state index contributed by atoms with van der Waals surface area (Å²) in [5.74, 6) is 0. The van der Waals surface area contributed by atoms with Crippen LogP contribution in [0, 0.1) is 0 Å². The molecule has 0 amide bonds. The van der Waals surface area contributed by atoms with Crippen molar-refractivity contribution in [2.45, 2.75) is 39.2 Å². The quantitative estimate of drug-likeness (QED) is 0.876. The minimum Gasteiger partial charge on any atom is -0.323 e. The second-order valence-electron chi connectivity index (χ2n) is 4.75. The van der Waals surface area contributed by atoms with Gasteiger partial charge < -0.3 is 10.3 Å². The fourth-order valence-electron chi connectivity index (χ4n) is 2.06. The third-order valence-electron chi connectivity index (χ3n) is 3.17. The van der Waals surface area contributed by atoms with Crippen LogP contribution in [0.15, 0.2) is 36.8 Å². The lowest BCUT2D eigenvalue weighted by Crippen LogP contribution is -2.10. The molecule has 2 aromatic rings. The fourth-order valence-corrected chi connectivity index (χ4v) is 2.06. The molecule has 96 valence electrons. The normalized spacial score (nSPS) is 12.6. The van der Waals surface area contributed by atoms with Crippen LogP contribution in [0.4, 0.5) is 0 Å². The van der Waals surface area contributed by atoms with E-state index in [2.05, 4.69) is 36.2 Å². The SMILES string of the molecule is CCCCc1ccc(-n2cncc2C(C)N)cc1. The van der Waals surface area contributed by atoms with Gasteiger partial charge in [-0.2, -0.15) is 0 Å². The summed E-state index contributed by atoms with van der Waals surface area (Å²) in [6, 6.07) is 8.65. The number of hydrogen-bond donors (Lipinski definition) is 1. The Morgan fingerprint density at radius 1 is 1.28 bits per heavy atom. The minimum absolute atomic E-state index is 0.00716. The Kier molecular flexibility index (Phi) is 4.15. The number of unbranched alkanes of at least 4 members (excludes halogenated alkanes) is 1. The van der Waals surface area contributed by atoms with Crippen LogP contribution < -0.4 is 5.73 Å². The molecular weight excluding hydrogens is 222 g/mol. The van der Waals surface area contributed by atoms with Crippen molar-refractivity contribution < 1.29 is 0 Å². The smallest absolute Gasteiger partial charge is 0.0994 e. The van der Waals surface area contributed by atoms with E-state index in [4.69, 9.17) is 5.73 Å². The molecule has 2 N–H and O–H groups in total. The van der Waals surface area contributed by atoms with Crippen molar-refractivity contribution in [1.29, 1.82) is 0 Å². The first kappa shape index (κ1) is 12.8. The molecular formula is C15H21N3. The van der Waals surface area contributed by atoms with E-state index in [9.17, 15) is 0 Å². The Bertz CT molecular complexity index is 483. The van der Waals surface area contributed by atoms with E-state index in [0.29, 0.717) is 0 Å². The first-order valence-corrected chi connectivity index (χ1v) is 6.59. The molecule has 1 atom stereocenters. The highest BCUT2D eigenvalue weighted by molar-refractivity contribution is 5.36. The Morgan fingerprint density at radius 2 is 2.00 bits per heavy atom. The Hall–Kier alpha value is -1.61. The molecule has 3 nitrogen and oxygen atoms in total. The standard InChI is InChI=1S/C15H21N3/c1-3-4-5-13-6-8-14(9-7-13)18-11-17-10-15(18)12(2)16/h6-12H,3-5,16H2,1-2H3. The lowest BCUT2D eigenvalue weighted by Gasteiger charge is -2.11. The molecule has 0 fully saturated rings. The van der Waals surface area contributed by atoms with Crippen LogP contribution in [0.2, 0.25) is 0 Å². The highest BCUT2D eigenvalue weighted by Crippen LogP contribution is 2.17. The molecule has 18 heavy (non-hydrogen) atoms. The van der Waals surface area contributed by atoms with E-state index in [1.54, 1.807) is 0 Å². The van der Waals surface area contributed by atoms with Gasteiger partial charge in [-0.15, -0.1) is 0 Å². The van der Waals surface area contributed by atoms with Gasteiger partial charge in [-0.05, 0) is 37.5 Å². The fraction of sp³-hybridized carbons (Fsp3) is 0.400. The third kappa shape index (κ3) is 2.79. The summed E-state index contributed by atoms with van der Waals surface area (Å²) < 4.78 is 2.05. The number of aromatic nitrogens is 2. The van der Waals surface area contributed by atoms with Crippen molar-refractivity contribution in [3.63, 3.8) is 0 Å². The number of hydrogen-bond acceptors (Lipinski definition) is 2. The van der Waals surface area contributed by atoms with Gasteiger partial charge >= 0.3 is 0 Å². The van der Waals surface area contributed by atoms with Gasteiger partial charge in [0.05, 0.1) is 18.2 Å². The van der Waals surface area contributed by atoms with Crippen molar-refractivity contribution >= 4 is 0 Å². The van der Waals surface area contributed by atoms with Crippen molar-refractivity contribution in [2.24, 2.45) is 5.73 Å². The number of rotatable bonds is 5. The molecule has 0 aliphatic carbocycles. The maximum atomic E-state index is 5.93. The van der Waals surface area contributed by atoms with Crippen LogP contribution in [-0.2, 0) is 6.42 Å². The van der Waals surface area contributed by atoms with Crippen LogP contribution in [0.3, 0.4) is 0 Å². The highest BCUT2D eigenvalue weighted by Gasteiger charge is 2.07. The van der Waals surface area contributed by atoms with Gasteiger partial charge in [0, 0.05) is 11.7 Å². The molecule has 0 aliphatic rings. The van der Waals surface area contributed by atoms with Gasteiger partial charge in [-0.1, -0.05) is 25.5 Å². The summed E-state index contributed by atoms with van der Waals surface area (Å²) in [7, 11) is 0. The van der Waals surface area contributed by atoms with Crippen molar-refractivity contribution in [1.82, 2.24) is 9.55 Å². The first-order valence-electron chi connectivity index (χ1n) is 6.59.